The maximum absolute atomic E-state index is 12.3. The van der Waals surface area contributed by atoms with Gasteiger partial charge in [-0.2, -0.15) is 13.2 Å². The Labute approximate surface area is 114 Å². The molecule has 19 heavy (non-hydrogen) atoms. The zero-order chi connectivity index (χ0) is 13.9. The van der Waals surface area contributed by atoms with Crippen molar-refractivity contribution >= 4 is 17.3 Å². The molecule has 1 aliphatic rings. The third-order valence-electron chi connectivity index (χ3n) is 3.09. The lowest BCUT2D eigenvalue weighted by molar-refractivity contribution is -0.143. The molecule has 3 nitrogen and oxygen atoms in total. The van der Waals surface area contributed by atoms with E-state index in [1.54, 1.807) is 18.3 Å². The number of anilines is 1. The van der Waals surface area contributed by atoms with Crippen molar-refractivity contribution in [2.24, 2.45) is 5.92 Å². The topological polar surface area (TPSA) is 28.2 Å². The minimum absolute atomic E-state index is 0.231. The minimum Gasteiger partial charge on any atom is -0.385 e. The van der Waals surface area contributed by atoms with Crippen LogP contribution in [0.3, 0.4) is 0 Å². The molecule has 0 radical (unpaired) electrons. The van der Waals surface area contributed by atoms with Crippen LogP contribution < -0.4 is 5.32 Å². The zero-order valence-corrected chi connectivity index (χ0v) is 11.0. The van der Waals surface area contributed by atoms with Crippen LogP contribution >= 0.6 is 11.6 Å². The molecule has 0 aromatic carbocycles. The van der Waals surface area contributed by atoms with Gasteiger partial charge in [0.05, 0.1) is 6.54 Å². The largest absolute Gasteiger partial charge is 0.401 e. The van der Waals surface area contributed by atoms with Crippen LogP contribution in [0.5, 0.6) is 0 Å². The van der Waals surface area contributed by atoms with Crippen LogP contribution in [-0.2, 0) is 0 Å². The van der Waals surface area contributed by atoms with E-state index in [4.69, 9.17) is 11.6 Å². The molecule has 0 bridgehead atoms. The Kier molecular flexibility index (Phi) is 4.52. The van der Waals surface area contributed by atoms with Gasteiger partial charge in [-0.05, 0) is 31.0 Å². The maximum atomic E-state index is 12.3. The van der Waals surface area contributed by atoms with Gasteiger partial charge in [-0.15, -0.1) is 0 Å². The van der Waals surface area contributed by atoms with Crippen molar-refractivity contribution in [3.63, 3.8) is 0 Å². The SMILES string of the molecule is FC(F)(F)CN1CCC(CNc2ccnc(Cl)c2)C1. The number of halogens is 4. The fraction of sp³-hybridized carbons (Fsp3) is 0.583. The number of nitrogens with zero attached hydrogens (tertiary/aromatic N) is 2. The van der Waals surface area contributed by atoms with Gasteiger partial charge in [0.15, 0.2) is 0 Å². The van der Waals surface area contributed by atoms with Crippen LogP contribution in [0.15, 0.2) is 18.3 Å². The number of alkyl halides is 3. The van der Waals surface area contributed by atoms with Gasteiger partial charge in [-0.3, -0.25) is 4.90 Å². The molecule has 7 heteroatoms. The summed E-state index contributed by atoms with van der Waals surface area (Å²) < 4.78 is 36.8. The highest BCUT2D eigenvalue weighted by Gasteiger charge is 2.34. The van der Waals surface area contributed by atoms with Crippen molar-refractivity contribution in [2.45, 2.75) is 12.6 Å². The monoisotopic (exact) mass is 293 g/mol. The third kappa shape index (κ3) is 4.87. The Morgan fingerprint density at radius 2 is 2.26 bits per heavy atom. The third-order valence-corrected chi connectivity index (χ3v) is 3.30. The van der Waals surface area contributed by atoms with Crippen LogP contribution in [0.2, 0.25) is 5.15 Å². The first-order chi connectivity index (χ1) is 8.92. The molecule has 0 amide bonds. The average Bonchev–Trinajstić information content (AvgIpc) is 2.72. The normalized spacial score (nSPS) is 20.7. The number of pyridine rings is 1. The summed E-state index contributed by atoms with van der Waals surface area (Å²) >= 11 is 5.75. The molecule has 1 atom stereocenters. The van der Waals surface area contributed by atoms with Gasteiger partial charge in [-0.25, -0.2) is 4.98 Å². The first-order valence-electron chi connectivity index (χ1n) is 6.07. The van der Waals surface area contributed by atoms with E-state index in [-0.39, 0.29) is 5.92 Å². The fourth-order valence-corrected chi connectivity index (χ4v) is 2.43. The summed E-state index contributed by atoms with van der Waals surface area (Å²) in [6.07, 6.45) is -1.74. The summed E-state index contributed by atoms with van der Waals surface area (Å²) in [6, 6.07) is 3.48. The Morgan fingerprint density at radius 1 is 1.47 bits per heavy atom. The van der Waals surface area contributed by atoms with E-state index in [0.29, 0.717) is 24.8 Å². The number of likely N-dealkylation sites (tertiary alicyclic amines) is 1. The number of hydrogen-bond acceptors (Lipinski definition) is 3. The number of rotatable bonds is 4. The van der Waals surface area contributed by atoms with Crippen molar-refractivity contribution in [3.05, 3.63) is 23.5 Å². The lowest BCUT2D eigenvalue weighted by Gasteiger charge is -2.18. The van der Waals surface area contributed by atoms with Gasteiger partial charge in [0.1, 0.15) is 5.15 Å². The molecular weight excluding hydrogens is 279 g/mol. The van der Waals surface area contributed by atoms with Gasteiger partial charge in [0.25, 0.3) is 0 Å². The quantitative estimate of drug-likeness (QED) is 0.865. The lowest BCUT2D eigenvalue weighted by atomic mass is 10.1. The van der Waals surface area contributed by atoms with Crippen molar-refractivity contribution in [3.8, 4) is 0 Å². The van der Waals surface area contributed by atoms with Crippen molar-refractivity contribution in [2.75, 3.05) is 31.5 Å². The molecule has 1 aromatic heterocycles. The minimum atomic E-state index is -4.11. The summed E-state index contributed by atoms with van der Waals surface area (Å²) in [5.74, 6) is 0.231. The van der Waals surface area contributed by atoms with E-state index < -0.39 is 12.7 Å². The van der Waals surface area contributed by atoms with Gasteiger partial charge in [0, 0.05) is 25.0 Å². The second-order valence-corrected chi connectivity index (χ2v) is 5.14. The van der Waals surface area contributed by atoms with E-state index >= 15 is 0 Å². The van der Waals surface area contributed by atoms with Crippen molar-refractivity contribution < 1.29 is 13.2 Å². The first-order valence-corrected chi connectivity index (χ1v) is 6.45. The average molecular weight is 294 g/mol. The van der Waals surface area contributed by atoms with Gasteiger partial charge < -0.3 is 5.32 Å². The van der Waals surface area contributed by atoms with Gasteiger partial charge >= 0.3 is 6.18 Å². The van der Waals surface area contributed by atoms with Crippen LogP contribution in [-0.4, -0.2) is 42.2 Å². The predicted octanol–water partition coefficient (Wildman–Crippen LogP) is 3.03. The zero-order valence-electron chi connectivity index (χ0n) is 10.3. The molecule has 0 spiro atoms. The second kappa shape index (κ2) is 5.96. The molecular formula is C12H15ClF3N3. The highest BCUT2D eigenvalue weighted by atomic mass is 35.5. The predicted molar refractivity (Wildman–Crippen MR) is 68.3 cm³/mol. The first kappa shape index (κ1) is 14.4. The highest BCUT2D eigenvalue weighted by molar-refractivity contribution is 6.29. The van der Waals surface area contributed by atoms with Crippen LogP contribution in [0.1, 0.15) is 6.42 Å². The Morgan fingerprint density at radius 3 is 2.95 bits per heavy atom. The molecule has 0 aliphatic carbocycles. The van der Waals surface area contributed by atoms with E-state index in [1.807, 2.05) is 0 Å². The summed E-state index contributed by atoms with van der Waals surface area (Å²) in [4.78, 5) is 5.31. The summed E-state index contributed by atoms with van der Waals surface area (Å²) in [6.45, 7) is 0.813. The van der Waals surface area contributed by atoms with Crippen molar-refractivity contribution in [1.82, 2.24) is 9.88 Å². The second-order valence-electron chi connectivity index (χ2n) is 4.75. The smallest absolute Gasteiger partial charge is 0.385 e. The fourth-order valence-electron chi connectivity index (χ4n) is 2.25. The molecule has 1 unspecified atom stereocenters. The summed E-state index contributed by atoms with van der Waals surface area (Å²) in [5, 5.41) is 3.58. The standard InChI is InChI=1S/C12H15ClF3N3/c13-11-5-10(1-3-17-11)18-6-9-2-4-19(7-9)8-12(14,15)16/h1,3,5,9H,2,4,6-8H2,(H,17,18). The van der Waals surface area contributed by atoms with Crippen molar-refractivity contribution in [1.29, 1.82) is 0 Å². The van der Waals surface area contributed by atoms with E-state index in [1.165, 1.54) is 4.90 Å². The Bertz CT molecular complexity index is 425. The van der Waals surface area contributed by atoms with Crippen LogP contribution in [0.25, 0.3) is 0 Å². The summed E-state index contributed by atoms with van der Waals surface area (Å²) in [5.41, 5.74) is 0.842. The van der Waals surface area contributed by atoms with Gasteiger partial charge in [-0.1, -0.05) is 11.6 Å². The van der Waals surface area contributed by atoms with E-state index in [9.17, 15) is 13.2 Å². The Hall–Kier alpha value is -1.01. The molecule has 1 saturated heterocycles. The molecule has 0 saturated carbocycles. The van der Waals surface area contributed by atoms with Gasteiger partial charge in [0.2, 0.25) is 0 Å². The lowest BCUT2D eigenvalue weighted by Crippen LogP contribution is -2.33. The van der Waals surface area contributed by atoms with Crippen LogP contribution in [0, 0.1) is 5.92 Å². The number of hydrogen-bond donors (Lipinski definition) is 1. The molecule has 2 rings (SSSR count). The molecule has 1 aromatic rings. The molecule has 2 heterocycles. The summed E-state index contributed by atoms with van der Waals surface area (Å²) in [7, 11) is 0. The van der Waals surface area contributed by atoms with E-state index in [2.05, 4.69) is 10.3 Å². The molecule has 1 fully saturated rings. The number of nitrogens with one attached hydrogen (secondary N) is 1. The number of aromatic nitrogens is 1. The van der Waals surface area contributed by atoms with Crippen LogP contribution in [0.4, 0.5) is 18.9 Å². The Balaban J connectivity index is 1.76. The highest BCUT2D eigenvalue weighted by Crippen LogP contribution is 2.23. The maximum Gasteiger partial charge on any atom is 0.401 e. The molecule has 106 valence electrons. The van der Waals surface area contributed by atoms with E-state index in [0.717, 1.165) is 12.1 Å². The molecule has 1 aliphatic heterocycles. The molecule has 1 N–H and O–H groups in total.